The fourth-order valence-corrected chi connectivity index (χ4v) is 4.91. The Balaban J connectivity index is 1.34. The number of carbonyl (C=O) groups is 4. The van der Waals surface area contributed by atoms with Gasteiger partial charge in [-0.1, -0.05) is 6.42 Å². The Bertz CT molecular complexity index is 523. The van der Waals surface area contributed by atoms with Crippen molar-refractivity contribution in [3.63, 3.8) is 0 Å². The minimum absolute atomic E-state index is 0.0543. The second-order valence-electron chi connectivity index (χ2n) is 6.28. The fraction of sp³-hybridized carbons (Fsp3) is 0.733. The molecule has 3 aliphatic heterocycles. The van der Waals surface area contributed by atoms with Crippen molar-refractivity contribution in [1.82, 2.24) is 15.5 Å². The molecule has 3 fully saturated rings. The Labute approximate surface area is 138 Å². The summed E-state index contributed by atoms with van der Waals surface area (Å²) in [5, 5.41) is 6.26. The molecule has 4 amide bonds. The molecule has 0 spiro atoms. The number of nitrogens with zero attached hydrogens (tertiary/aromatic N) is 1. The quantitative estimate of drug-likeness (QED) is 0.398. The highest BCUT2D eigenvalue weighted by Gasteiger charge is 2.42. The highest BCUT2D eigenvalue weighted by molar-refractivity contribution is 8.00. The van der Waals surface area contributed by atoms with Crippen LogP contribution in [0.2, 0.25) is 0 Å². The predicted molar refractivity (Wildman–Crippen MR) is 84.9 cm³/mol. The molecule has 3 atom stereocenters. The van der Waals surface area contributed by atoms with E-state index in [0.717, 1.165) is 29.9 Å². The Morgan fingerprint density at radius 3 is 2.61 bits per heavy atom. The summed E-state index contributed by atoms with van der Waals surface area (Å²) in [5.41, 5.74) is 0. The Kier molecular flexibility index (Phi) is 4.89. The van der Waals surface area contributed by atoms with Crippen molar-refractivity contribution in [2.75, 3.05) is 12.3 Å². The predicted octanol–water partition coefficient (Wildman–Crippen LogP) is 0.430. The van der Waals surface area contributed by atoms with E-state index in [4.69, 9.17) is 0 Å². The Morgan fingerprint density at radius 2 is 1.87 bits per heavy atom. The number of rotatable bonds is 7. The molecule has 0 saturated carbocycles. The van der Waals surface area contributed by atoms with Gasteiger partial charge in [-0.3, -0.25) is 19.3 Å². The standard InChI is InChI=1S/C15H21N3O4S/c19-9(7-18-12(20)5-6-13(18)21)3-1-2-4-11-14-10(8-23-11)16-15(22)17-14/h10-11,14H,1-8H2,(H2,16,17,22). The lowest BCUT2D eigenvalue weighted by Crippen LogP contribution is -2.36. The van der Waals surface area contributed by atoms with Crippen molar-refractivity contribution >= 4 is 35.4 Å². The third-order valence-corrected chi connectivity index (χ3v) is 6.13. The molecule has 0 bridgehead atoms. The van der Waals surface area contributed by atoms with E-state index in [2.05, 4.69) is 10.6 Å². The van der Waals surface area contributed by atoms with Gasteiger partial charge in [-0.15, -0.1) is 0 Å². The van der Waals surface area contributed by atoms with Crippen LogP contribution in [0, 0.1) is 0 Å². The first kappa shape index (κ1) is 16.3. The fourth-order valence-electron chi connectivity index (χ4n) is 3.37. The van der Waals surface area contributed by atoms with Crippen molar-refractivity contribution in [1.29, 1.82) is 0 Å². The molecular weight excluding hydrogens is 318 g/mol. The maximum absolute atomic E-state index is 11.9. The summed E-state index contributed by atoms with van der Waals surface area (Å²) in [6, 6.07) is 0.342. The van der Waals surface area contributed by atoms with E-state index in [-0.39, 0.29) is 55.1 Å². The van der Waals surface area contributed by atoms with Crippen molar-refractivity contribution in [3.05, 3.63) is 0 Å². The van der Waals surface area contributed by atoms with Crippen LogP contribution in [0.25, 0.3) is 0 Å². The maximum atomic E-state index is 11.9. The number of likely N-dealkylation sites (tertiary alicyclic amines) is 1. The second kappa shape index (κ2) is 6.90. The number of unbranched alkanes of at least 4 members (excludes halogenated alkanes) is 1. The first-order valence-electron chi connectivity index (χ1n) is 8.08. The third-order valence-electron chi connectivity index (χ3n) is 4.62. The molecule has 3 saturated heterocycles. The molecule has 0 aromatic carbocycles. The van der Waals surface area contributed by atoms with Gasteiger partial charge < -0.3 is 10.6 Å². The van der Waals surface area contributed by atoms with E-state index < -0.39 is 0 Å². The summed E-state index contributed by atoms with van der Waals surface area (Å²) < 4.78 is 0. The number of urea groups is 1. The third kappa shape index (κ3) is 3.68. The van der Waals surface area contributed by atoms with Crippen molar-refractivity contribution in [2.45, 2.75) is 55.9 Å². The van der Waals surface area contributed by atoms with Gasteiger partial charge in [0.15, 0.2) is 5.78 Å². The van der Waals surface area contributed by atoms with Crippen LogP contribution in [0.4, 0.5) is 4.79 Å². The van der Waals surface area contributed by atoms with Crippen molar-refractivity contribution < 1.29 is 19.2 Å². The average molecular weight is 339 g/mol. The van der Waals surface area contributed by atoms with Crippen molar-refractivity contribution in [2.24, 2.45) is 0 Å². The van der Waals surface area contributed by atoms with Crippen LogP contribution in [-0.2, 0) is 14.4 Å². The Morgan fingerprint density at radius 1 is 1.13 bits per heavy atom. The number of Topliss-reactive ketones (excluding diaryl/α,β-unsaturated/α-hetero) is 1. The summed E-state index contributed by atoms with van der Waals surface area (Å²) in [6.07, 6.45) is 3.48. The summed E-state index contributed by atoms with van der Waals surface area (Å²) in [7, 11) is 0. The average Bonchev–Trinajstić information content (AvgIpc) is 3.14. The zero-order chi connectivity index (χ0) is 16.4. The highest BCUT2D eigenvalue weighted by atomic mass is 32.2. The van der Waals surface area contributed by atoms with E-state index in [1.807, 2.05) is 11.8 Å². The summed E-state index contributed by atoms with van der Waals surface area (Å²) in [5.74, 6) is 0.412. The Hall–Kier alpha value is -1.57. The number of thioether (sulfide) groups is 1. The van der Waals surface area contributed by atoms with Gasteiger partial charge in [-0.2, -0.15) is 11.8 Å². The molecule has 2 N–H and O–H groups in total. The number of ketones is 1. The van der Waals surface area contributed by atoms with Gasteiger partial charge in [-0.05, 0) is 12.8 Å². The summed E-state index contributed by atoms with van der Waals surface area (Å²) in [6.45, 7) is -0.0689. The lowest BCUT2D eigenvalue weighted by molar-refractivity contribution is -0.141. The SMILES string of the molecule is O=C(CCCCC1SCC2NC(=O)NC21)CN1C(=O)CCC1=O. The minimum Gasteiger partial charge on any atom is -0.332 e. The first-order valence-corrected chi connectivity index (χ1v) is 9.13. The first-order chi connectivity index (χ1) is 11.0. The van der Waals surface area contributed by atoms with Crippen LogP contribution in [0.5, 0.6) is 0 Å². The number of nitrogens with one attached hydrogen (secondary N) is 2. The second-order valence-corrected chi connectivity index (χ2v) is 7.55. The number of hydrogen-bond acceptors (Lipinski definition) is 5. The number of fused-ring (bicyclic) bond motifs is 1. The minimum atomic E-state index is -0.235. The van der Waals surface area contributed by atoms with Crippen LogP contribution in [0.15, 0.2) is 0 Å². The molecule has 3 rings (SSSR count). The lowest BCUT2D eigenvalue weighted by Gasteiger charge is -2.16. The number of amides is 4. The number of carbonyl (C=O) groups excluding carboxylic acids is 4. The van der Waals surface area contributed by atoms with E-state index >= 15 is 0 Å². The molecular formula is C15H21N3O4S. The molecule has 0 aliphatic carbocycles. The molecule has 3 aliphatic rings. The van der Waals surface area contributed by atoms with Crippen LogP contribution in [0.3, 0.4) is 0 Å². The van der Waals surface area contributed by atoms with E-state index in [1.165, 1.54) is 0 Å². The highest BCUT2D eigenvalue weighted by Crippen LogP contribution is 2.33. The summed E-state index contributed by atoms with van der Waals surface area (Å²) in [4.78, 5) is 47.2. The lowest BCUT2D eigenvalue weighted by atomic mass is 10.0. The number of imide groups is 1. The van der Waals surface area contributed by atoms with Gasteiger partial charge in [0.2, 0.25) is 11.8 Å². The van der Waals surface area contributed by atoms with Gasteiger partial charge in [0.05, 0.1) is 18.6 Å². The molecule has 7 nitrogen and oxygen atoms in total. The topological polar surface area (TPSA) is 95.6 Å². The van der Waals surface area contributed by atoms with Gasteiger partial charge in [-0.25, -0.2) is 4.79 Å². The van der Waals surface area contributed by atoms with Gasteiger partial charge >= 0.3 is 6.03 Å². The van der Waals surface area contributed by atoms with Gasteiger partial charge in [0.1, 0.15) is 0 Å². The molecule has 3 unspecified atom stereocenters. The van der Waals surface area contributed by atoms with Crippen LogP contribution in [0.1, 0.15) is 38.5 Å². The molecule has 0 radical (unpaired) electrons. The van der Waals surface area contributed by atoms with Crippen molar-refractivity contribution in [3.8, 4) is 0 Å². The summed E-state index contributed by atoms with van der Waals surface area (Å²) >= 11 is 1.86. The van der Waals surface area contributed by atoms with E-state index in [9.17, 15) is 19.2 Å². The molecule has 0 aromatic rings. The zero-order valence-corrected chi connectivity index (χ0v) is 13.7. The van der Waals surface area contributed by atoms with Crippen LogP contribution in [-0.4, -0.2) is 58.2 Å². The van der Waals surface area contributed by atoms with Crippen LogP contribution < -0.4 is 10.6 Å². The zero-order valence-electron chi connectivity index (χ0n) is 12.9. The number of hydrogen-bond donors (Lipinski definition) is 2. The van der Waals surface area contributed by atoms with E-state index in [1.54, 1.807) is 0 Å². The monoisotopic (exact) mass is 339 g/mol. The molecule has 23 heavy (non-hydrogen) atoms. The maximum Gasteiger partial charge on any atom is 0.315 e. The van der Waals surface area contributed by atoms with Gasteiger partial charge in [0.25, 0.3) is 0 Å². The van der Waals surface area contributed by atoms with Crippen LogP contribution >= 0.6 is 11.8 Å². The molecule has 3 heterocycles. The molecule has 126 valence electrons. The van der Waals surface area contributed by atoms with Gasteiger partial charge in [0, 0.05) is 30.3 Å². The van der Waals surface area contributed by atoms with E-state index in [0.29, 0.717) is 11.7 Å². The normalized spacial score (nSPS) is 29.7. The molecule has 0 aromatic heterocycles. The smallest absolute Gasteiger partial charge is 0.315 e. The largest absolute Gasteiger partial charge is 0.332 e. The molecule has 8 heteroatoms.